The van der Waals surface area contributed by atoms with E-state index in [9.17, 15) is 9.59 Å². The highest BCUT2D eigenvalue weighted by molar-refractivity contribution is 5.84. The standard InChI is InChI=1S/C13H21NO3/c15-9-10-2-1-7-14(8-10)13(17)11-3-5-12(16)6-4-11/h10-11,15H,1-9H2. The third-order valence-electron chi connectivity index (χ3n) is 3.98. The van der Waals surface area contributed by atoms with Crippen molar-refractivity contribution in [3.05, 3.63) is 0 Å². The van der Waals surface area contributed by atoms with Gasteiger partial charge in [-0.2, -0.15) is 0 Å². The largest absolute Gasteiger partial charge is 0.396 e. The van der Waals surface area contributed by atoms with Crippen molar-refractivity contribution >= 4 is 11.7 Å². The summed E-state index contributed by atoms with van der Waals surface area (Å²) < 4.78 is 0. The van der Waals surface area contributed by atoms with Crippen LogP contribution in [-0.4, -0.2) is 41.4 Å². The monoisotopic (exact) mass is 239 g/mol. The molecule has 96 valence electrons. The molecule has 1 amide bonds. The number of amides is 1. The number of piperidine rings is 1. The first-order chi connectivity index (χ1) is 8.20. The molecule has 1 saturated carbocycles. The number of hydrogen-bond acceptors (Lipinski definition) is 3. The Hall–Kier alpha value is -0.900. The first-order valence-corrected chi connectivity index (χ1v) is 6.62. The van der Waals surface area contributed by atoms with Crippen molar-refractivity contribution in [2.45, 2.75) is 38.5 Å². The molecule has 0 spiro atoms. The Bertz CT molecular complexity index is 293. The van der Waals surface area contributed by atoms with E-state index in [0.717, 1.165) is 32.2 Å². The molecule has 1 aliphatic heterocycles. The molecule has 0 radical (unpaired) electrons. The van der Waals surface area contributed by atoms with Crippen LogP contribution in [0.4, 0.5) is 0 Å². The quantitative estimate of drug-likeness (QED) is 0.781. The van der Waals surface area contributed by atoms with Gasteiger partial charge in [-0.15, -0.1) is 0 Å². The summed E-state index contributed by atoms with van der Waals surface area (Å²) in [5.41, 5.74) is 0. The molecule has 1 atom stereocenters. The summed E-state index contributed by atoms with van der Waals surface area (Å²) in [6, 6.07) is 0. The summed E-state index contributed by atoms with van der Waals surface area (Å²) in [5, 5.41) is 9.15. The fourth-order valence-electron chi connectivity index (χ4n) is 2.86. The van der Waals surface area contributed by atoms with Gasteiger partial charge in [-0.25, -0.2) is 0 Å². The third kappa shape index (κ3) is 3.06. The molecule has 1 unspecified atom stereocenters. The highest BCUT2D eigenvalue weighted by atomic mass is 16.3. The number of Topliss-reactive ketones (excluding diaryl/α,β-unsaturated/α-hetero) is 1. The van der Waals surface area contributed by atoms with Crippen molar-refractivity contribution in [2.75, 3.05) is 19.7 Å². The molecule has 17 heavy (non-hydrogen) atoms. The van der Waals surface area contributed by atoms with Crippen LogP contribution < -0.4 is 0 Å². The molecule has 0 bridgehead atoms. The van der Waals surface area contributed by atoms with Gasteiger partial charge in [0, 0.05) is 38.5 Å². The number of rotatable bonds is 2. The van der Waals surface area contributed by atoms with Gasteiger partial charge in [0.25, 0.3) is 0 Å². The minimum Gasteiger partial charge on any atom is -0.396 e. The van der Waals surface area contributed by atoms with Crippen molar-refractivity contribution in [3.8, 4) is 0 Å². The van der Waals surface area contributed by atoms with E-state index in [-0.39, 0.29) is 24.3 Å². The van der Waals surface area contributed by atoms with Crippen LogP contribution in [0.15, 0.2) is 0 Å². The maximum Gasteiger partial charge on any atom is 0.225 e. The average Bonchev–Trinajstić information content (AvgIpc) is 2.39. The summed E-state index contributed by atoms with van der Waals surface area (Å²) in [6.45, 7) is 1.69. The van der Waals surface area contributed by atoms with E-state index in [1.807, 2.05) is 4.90 Å². The molecule has 1 aliphatic carbocycles. The molecule has 1 saturated heterocycles. The molecule has 4 nitrogen and oxygen atoms in total. The normalized spacial score (nSPS) is 27.2. The van der Waals surface area contributed by atoms with Gasteiger partial charge >= 0.3 is 0 Å². The fraction of sp³-hybridized carbons (Fsp3) is 0.846. The number of ketones is 1. The molecule has 1 heterocycles. The Balaban J connectivity index is 1.88. The number of carbonyl (C=O) groups is 2. The van der Waals surface area contributed by atoms with E-state index in [1.165, 1.54) is 0 Å². The fourth-order valence-corrected chi connectivity index (χ4v) is 2.86. The van der Waals surface area contributed by atoms with Gasteiger partial charge in [0.05, 0.1) is 0 Å². The smallest absolute Gasteiger partial charge is 0.225 e. The highest BCUT2D eigenvalue weighted by Crippen LogP contribution is 2.26. The second-order valence-electron chi connectivity index (χ2n) is 5.29. The van der Waals surface area contributed by atoms with E-state index in [4.69, 9.17) is 5.11 Å². The van der Waals surface area contributed by atoms with E-state index in [0.29, 0.717) is 25.2 Å². The zero-order valence-corrected chi connectivity index (χ0v) is 10.2. The molecule has 2 rings (SSSR count). The molecule has 0 aromatic carbocycles. The van der Waals surface area contributed by atoms with Gasteiger partial charge in [0.1, 0.15) is 5.78 Å². The van der Waals surface area contributed by atoms with Gasteiger partial charge in [-0.05, 0) is 31.6 Å². The number of carbonyl (C=O) groups excluding carboxylic acids is 2. The second kappa shape index (κ2) is 5.63. The van der Waals surface area contributed by atoms with Gasteiger partial charge in [-0.1, -0.05) is 0 Å². The Morgan fingerprint density at radius 1 is 1.29 bits per heavy atom. The number of hydrogen-bond donors (Lipinski definition) is 1. The Kier molecular flexibility index (Phi) is 4.15. The van der Waals surface area contributed by atoms with Gasteiger partial charge < -0.3 is 10.0 Å². The van der Waals surface area contributed by atoms with Crippen molar-refractivity contribution < 1.29 is 14.7 Å². The minimum absolute atomic E-state index is 0.0464. The zero-order chi connectivity index (χ0) is 12.3. The van der Waals surface area contributed by atoms with Crippen LogP contribution in [0.1, 0.15) is 38.5 Å². The zero-order valence-electron chi connectivity index (χ0n) is 10.2. The van der Waals surface area contributed by atoms with Crippen LogP contribution in [0.5, 0.6) is 0 Å². The van der Waals surface area contributed by atoms with Crippen LogP contribution in [0.25, 0.3) is 0 Å². The van der Waals surface area contributed by atoms with E-state index in [2.05, 4.69) is 0 Å². The molecule has 2 aliphatic rings. The second-order valence-corrected chi connectivity index (χ2v) is 5.29. The Morgan fingerprint density at radius 3 is 2.65 bits per heavy atom. The van der Waals surface area contributed by atoms with Crippen LogP contribution in [0.3, 0.4) is 0 Å². The van der Waals surface area contributed by atoms with Gasteiger partial charge in [0.15, 0.2) is 0 Å². The molecular weight excluding hydrogens is 218 g/mol. The minimum atomic E-state index is 0.0464. The predicted octanol–water partition coefficient (Wildman–Crippen LogP) is 0.977. The van der Waals surface area contributed by atoms with Gasteiger partial charge in [-0.3, -0.25) is 9.59 Å². The topological polar surface area (TPSA) is 57.6 Å². The van der Waals surface area contributed by atoms with Crippen molar-refractivity contribution in [3.63, 3.8) is 0 Å². The van der Waals surface area contributed by atoms with Crippen LogP contribution >= 0.6 is 0 Å². The van der Waals surface area contributed by atoms with E-state index in [1.54, 1.807) is 0 Å². The van der Waals surface area contributed by atoms with Crippen LogP contribution in [0, 0.1) is 11.8 Å². The molecule has 0 aromatic heterocycles. The predicted molar refractivity (Wildman–Crippen MR) is 63.4 cm³/mol. The lowest BCUT2D eigenvalue weighted by molar-refractivity contribution is -0.139. The van der Waals surface area contributed by atoms with E-state index < -0.39 is 0 Å². The Labute approximate surface area is 102 Å². The van der Waals surface area contributed by atoms with Crippen molar-refractivity contribution in [1.82, 2.24) is 4.90 Å². The van der Waals surface area contributed by atoms with Gasteiger partial charge in [0.2, 0.25) is 5.91 Å². The van der Waals surface area contributed by atoms with E-state index >= 15 is 0 Å². The summed E-state index contributed by atoms with van der Waals surface area (Å²) in [6.07, 6.45) is 4.57. The third-order valence-corrected chi connectivity index (χ3v) is 3.98. The highest BCUT2D eigenvalue weighted by Gasteiger charge is 2.31. The Morgan fingerprint density at radius 2 is 2.00 bits per heavy atom. The first kappa shape index (κ1) is 12.6. The summed E-state index contributed by atoms with van der Waals surface area (Å²) >= 11 is 0. The van der Waals surface area contributed by atoms with Crippen LogP contribution in [0.2, 0.25) is 0 Å². The number of likely N-dealkylation sites (tertiary alicyclic amines) is 1. The molecular formula is C13H21NO3. The molecule has 2 fully saturated rings. The summed E-state index contributed by atoms with van der Waals surface area (Å²) in [4.78, 5) is 25.3. The average molecular weight is 239 g/mol. The summed E-state index contributed by atoms with van der Waals surface area (Å²) in [5.74, 6) is 0.791. The lowest BCUT2D eigenvalue weighted by Crippen LogP contribution is -2.44. The lowest BCUT2D eigenvalue weighted by atomic mass is 9.86. The SMILES string of the molecule is O=C1CCC(C(=O)N2CCCC(CO)C2)CC1. The molecule has 0 aromatic rings. The molecule has 1 N–H and O–H groups in total. The maximum absolute atomic E-state index is 12.3. The molecule has 4 heteroatoms. The van der Waals surface area contributed by atoms with Crippen molar-refractivity contribution in [2.24, 2.45) is 11.8 Å². The van der Waals surface area contributed by atoms with Crippen LogP contribution in [-0.2, 0) is 9.59 Å². The maximum atomic E-state index is 12.3. The van der Waals surface area contributed by atoms with Crippen molar-refractivity contribution in [1.29, 1.82) is 0 Å². The number of nitrogens with zero attached hydrogens (tertiary/aromatic N) is 1. The number of aliphatic hydroxyl groups excluding tert-OH is 1. The lowest BCUT2D eigenvalue weighted by Gasteiger charge is -2.35. The number of aliphatic hydroxyl groups is 1. The summed E-state index contributed by atoms with van der Waals surface area (Å²) in [7, 11) is 0. The first-order valence-electron chi connectivity index (χ1n) is 6.62.